The van der Waals surface area contributed by atoms with Gasteiger partial charge in [0.05, 0.1) is 12.5 Å². The first-order valence-corrected chi connectivity index (χ1v) is 5.52. The Morgan fingerprint density at radius 2 is 2.29 bits per heavy atom. The van der Waals surface area contributed by atoms with Crippen LogP contribution < -0.4 is 5.32 Å². The zero-order chi connectivity index (χ0) is 12.8. The summed E-state index contributed by atoms with van der Waals surface area (Å²) >= 11 is 0. The standard InChI is InChI=1S/C13H15FN2O/c1-3-11(6-7-15)16-13(17)10-4-5-12(14)9(2)8-10/h4-5,8,11H,3,6H2,1-2H3,(H,16,17). The van der Waals surface area contributed by atoms with Crippen LogP contribution in [0.2, 0.25) is 0 Å². The summed E-state index contributed by atoms with van der Waals surface area (Å²) in [5.74, 6) is -0.596. The molecule has 1 unspecified atom stereocenters. The van der Waals surface area contributed by atoms with Crippen LogP contribution >= 0.6 is 0 Å². The first kappa shape index (κ1) is 13.2. The molecule has 1 aromatic carbocycles. The number of carbonyl (C=O) groups is 1. The molecule has 0 spiro atoms. The van der Waals surface area contributed by atoms with Crippen LogP contribution in [0.4, 0.5) is 4.39 Å². The molecule has 0 radical (unpaired) electrons. The molecule has 0 saturated carbocycles. The fourth-order valence-electron chi connectivity index (χ4n) is 1.46. The SMILES string of the molecule is CCC(CC#N)NC(=O)c1ccc(F)c(C)c1. The van der Waals surface area contributed by atoms with Gasteiger partial charge in [0.15, 0.2) is 0 Å². The predicted molar refractivity (Wildman–Crippen MR) is 62.9 cm³/mol. The number of hydrogen-bond acceptors (Lipinski definition) is 2. The van der Waals surface area contributed by atoms with Crippen molar-refractivity contribution in [2.75, 3.05) is 0 Å². The summed E-state index contributed by atoms with van der Waals surface area (Å²) in [6.45, 7) is 3.51. The summed E-state index contributed by atoms with van der Waals surface area (Å²) in [5, 5.41) is 11.3. The minimum absolute atomic E-state index is 0.155. The number of nitrogens with one attached hydrogen (secondary N) is 1. The van der Waals surface area contributed by atoms with Gasteiger partial charge in [0.25, 0.3) is 5.91 Å². The first-order valence-electron chi connectivity index (χ1n) is 5.52. The average molecular weight is 234 g/mol. The largest absolute Gasteiger partial charge is 0.348 e. The van der Waals surface area contributed by atoms with E-state index in [1.165, 1.54) is 18.2 Å². The zero-order valence-corrected chi connectivity index (χ0v) is 9.96. The van der Waals surface area contributed by atoms with E-state index in [0.29, 0.717) is 17.5 Å². The molecule has 0 fully saturated rings. The zero-order valence-electron chi connectivity index (χ0n) is 9.96. The number of nitrogens with zero attached hydrogens (tertiary/aromatic N) is 1. The van der Waals surface area contributed by atoms with Gasteiger partial charge in [-0.3, -0.25) is 4.79 Å². The maximum Gasteiger partial charge on any atom is 0.251 e. The van der Waals surface area contributed by atoms with Crippen LogP contribution in [0.3, 0.4) is 0 Å². The average Bonchev–Trinajstić information content (AvgIpc) is 2.31. The highest BCUT2D eigenvalue weighted by Gasteiger charge is 2.12. The summed E-state index contributed by atoms with van der Waals surface area (Å²) < 4.78 is 13.0. The number of hydrogen-bond donors (Lipinski definition) is 1. The van der Waals surface area contributed by atoms with E-state index in [1.54, 1.807) is 6.92 Å². The number of rotatable bonds is 4. The molecule has 0 aliphatic rings. The van der Waals surface area contributed by atoms with E-state index >= 15 is 0 Å². The van der Waals surface area contributed by atoms with E-state index in [2.05, 4.69) is 5.32 Å². The Morgan fingerprint density at radius 1 is 1.59 bits per heavy atom. The Hall–Kier alpha value is -1.89. The quantitative estimate of drug-likeness (QED) is 0.870. The molecule has 0 saturated heterocycles. The van der Waals surface area contributed by atoms with Crippen molar-refractivity contribution in [3.05, 3.63) is 35.1 Å². The normalized spacial score (nSPS) is 11.6. The second kappa shape index (κ2) is 6.00. The lowest BCUT2D eigenvalue weighted by molar-refractivity contribution is 0.0936. The van der Waals surface area contributed by atoms with Gasteiger partial charge in [-0.1, -0.05) is 6.92 Å². The van der Waals surface area contributed by atoms with E-state index in [0.717, 1.165) is 0 Å². The van der Waals surface area contributed by atoms with Crippen LogP contribution in [-0.4, -0.2) is 11.9 Å². The Bertz CT molecular complexity index is 451. The van der Waals surface area contributed by atoms with Crippen molar-refractivity contribution in [2.24, 2.45) is 0 Å². The molecule has 90 valence electrons. The minimum atomic E-state index is -0.328. The number of amides is 1. The fourth-order valence-corrected chi connectivity index (χ4v) is 1.46. The summed E-state index contributed by atoms with van der Waals surface area (Å²) in [7, 11) is 0. The van der Waals surface area contributed by atoms with Crippen molar-refractivity contribution in [3.8, 4) is 6.07 Å². The number of benzene rings is 1. The Balaban J connectivity index is 2.76. The van der Waals surface area contributed by atoms with Crippen molar-refractivity contribution in [1.29, 1.82) is 5.26 Å². The van der Waals surface area contributed by atoms with Crippen molar-refractivity contribution in [3.63, 3.8) is 0 Å². The second-order valence-corrected chi connectivity index (χ2v) is 3.90. The smallest absolute Gasteiger partial charge is 0.251 e. The highest BCUT2D eigenvalue weighted by Crippen LogP contribution is 2.10. The van der Waals surface area contributed by atoms with Crippen molar-refractivity contribution in [1.82, 2.24) is 5.32 Å². The lowest BCUT2D eigenvalue weighted by Gasteiger charge is -2.13. The van der Waals surface area contributed by atoms with Crippen LogP contribution in [0, 0.1) is 24.1 Å². The van der Waals surface area contributed by atoms with E-state index < -0.39 is 0 Å². The molecule has 1 aromatic rings. The van der Waals surface area contributed by atoms with E-state index in [4.69, 9.17) is 5.26 Å². The lowest BCUT2D eigenvalue weighted by atomic mass is 10.1. The van der Waals surface area contributed by atoms with E-state index in [1.807, 2.05) is 13.0 Å². The van der Waals surface area contributed by atoms with Gasteiger partial charge in [0, 0.05) is 11.6 Å². The third-order valence-corrected chi connectivity index (χ3v) is 2.59. The summed E-state index contributed by atoms with van der Waals surface area (Å²) in [6, 6.07) is 6.08. The molecule has 0 aromatic heterocycles. The monoisotopic (exact) mass is 234 g/mol. The van der Waals surface area contributed by atoms with Gasteiger partial charge in [0.1, 0.15) is 5.82 Å². The van der Waals surface area contributed by atoms with Crippen molar-refractivity contribution >= 4 is 5.91 Å². The molecule has 1 rings (SSSR count). The number of aryl methyl sites for hydroxylation is 1. The van der Waals surface area contributed by atoms with E-state index in [-0.39, 0.29) is 24.2 Å². The van der Waals surface area contributed by atoms with Crippen molar-refractivity contribution in [2.45, 2.75) is 32.7 Å². The lowest BCUT2D eigenvalue weighted by Crippen LogP contribution is -2.34. The van der Waals surface area contributed by atoms with Crippen LogP contribution in [0.25, 0.3) is 0 Å². The molecule has 0 bridgehead atoms. The van der Waals surface area contributed by atoms with Crippen LogP contribution in [0.1, 0.15) is 35.7 Å². The third-order valence-electron chi connectivity index (χ3n) is 2.59. The van der Waals surface area contributed by atoms with Crippen LogP contribution in [0.5, 0.6) is 0 Å². The molecular weight excluding hydrogens is 219 g/mol. The molecule has 0 aliphatic carbocycles. The van der Waals surface area contributed by atoms with Gasteiger partial charge >= 0.3 is 0 Å². The highest BCUT2D eigenvalue weighted by molar-refractivity contribution is 5.94. The van der Waals surface area contributed by atoms with Crippen LogP contribution in [-0.2, 0) is 0 Å². The molecule has 4 heteroatoms. The third kappa shape index (κ3) is 3.56. The van der Waals surface area contributed by atoms with Crippen molar-refractivity contribution < 1.29 is 9.18 Å². The summed E-state index contributed by atoms with van der Waals surface area (Å²) in [6.07, 6.45) is 0.974. The molecule has 0 aliphatic heterocycles. The van der Waals surface area contributed by atoms with E-state index in [9.17, 15) is 9.18 Å². The number of carbonyl (C=O) groups excluding carboxylic acids is 1. The van der Waals surface area contributed by atoms with Gasteiger partial charge in [-0.2, -0.15) is 5.26 Å². The number of nitriles is 1. The molecule has 17 heavy (non-hydrogen) atoms. The van der Waals surface area contributed by atoms with Gasteiger partial charge in [-0.15, -0.1) is 0 Å². The van der Waals surface area contributed by atoms with Gasteiger partial charge < -0.3 is 5.32 Å². The first-order chi connectivity index (χ1) is 8.08. The fraction of sp³-hybridized carbons (Fsp3) is 0.385. The summed E-state index contributed by atoms with van der Waals surface area (Å²) in [5.41, 5.74) is 0.853. The summed E-state index contributed by atoms with van der Waals surface area (Å²) in [4.78, 5) is 11.8. The predicted octanol–water partition coefficient (Wildman–Crippen LogP) is 2.56. The second-order valence-electron chi connectivity index (χ2n) is 3.90. The maximum atomic E-state index is 13.0. The van der Waals surface area contributed by atoms with Gasteiger partial charge in [0.2, 0.25) is 0 Å². The maximum absolute atomic E-state index is 13.0. The molecule has 1 atom stereocenters. The Kier molecular flexibility index (Phi) is 4.65. The Labute approximate surface area is 100 Å². The molecule has 3 nitrogen and oxygen atoms in total. The Morgan fingerprint density at radius 3 is 2.82 bits per heavy atom. The van der Waals surface area contributed by atoms with Crippen LogP contribution in [0.15, 0.2) is 18.2 Å². The molecule has 1 amide bonds. The highest BCUT2D eigenvalue weighted by atomic mass is 19.1. The number of halogens is 1. The minimum Gasteiger partial charge on any atom is -0.348 e. The van der Waals surface area contributed by atoms with Gasteiger partial charge in [-0.25, -0.2) is 4.39 Å². The molecule has 1 N–H and O–H groups in total. The topological polar surface area (TPSA) is 52.9 Å². The van der Waals surface area contributed by atoms with Gasteiger partial charge in [-0.05, 0) is 37.1 Å². The molecule has 0 heterocycles. The molecular formula is C13H15FN2O.